The number of hydrogen-bond donors (Lipinski definition) is 1. The van der Waals surface area contributed by atoms with Gasteiger partial charge in [-0.15, -0.1) is 0 Å². The molecule has 0 aliphatic carbocycles. The molecule has 0 spiro atoms. The molecule has 26 heavy (non-hydrogen) atoms. The Bertz CT molecular complexity index is 798. The van der Waals surface area contributed by atoms with Crippen LogP contribution in [0.1, 0.15) is 44.9 Å². The summed E-state index contributed by atoms with van der Waals surface area (Å²) in [6.45, 7) is 7.14. The molecule has 1 fully saturated rings. The highest BCUT2D eigenvalue weighted by Gasteiger charge is 2.31. The molecule has 7 heteroatoms. The van der Waals surface area contributed by atoms with Crippen LogP contribution in [0.15, 0.2) is 28.8 Å². The Hall–Kier alpha value is -2.28. The molecule has 1 aromatic carbocycles. The van der Waals surface area contributed by atoms with Crippen molar-refractivity contribution in [3.63, 3.8) is 0 Å². The number of hydrogen-bond acceptors (Lipinski definition) is 4. The smallest absolute Gasteiger partial charge is 0.244 e. The Morgan fingerprint density at radius 1 is 1.31 bits per heavy atom. The van der Waals surface area contributed by atoms with Gasteiger partial charge >= 0.3 is 0 Å². The van der Waals surface area contributed by atoms with Gasteiger partial charge in [-0.1, -0.05) is 32.0 Å². The largest absolute Gasteiger partial charge is 0.338 e. The van der Waals surface area contributed by atoms with E-state index in [1.807, 2.05) is 25.7 Å². The van der Waals surface area contributed by atoms with Gasteiger partial charge in [-0.2, -0.15) is 0 Å². The number of halogens is 2. The van der Waals surface area contributed by atoms with Gasteiger partial charge in [0.2, 0.25) is 11.8 Å². The fraction of sp³-hybridized carbons (Fsp3) is 0.474. The van der Waals surface area contributed by atoms with Crippen LogP contribution in [-0.2, 0) is 16.8 Å². The van der Waals surface area contributed by atoms with E-state index in [-0.39, 0.29) is 17.4 Å². The monoisotopic (exact) mass is 363 g/mol. The van der Waals surface area contributed by atoms with E-state index >= 15 is 0 Å². The van der Waals surface area contributed by atoms with Crippen LogP contribution in [0.4, 0.5) is 14.7 Å². The summed E-state index contributed by atoms with van der Waals surface area (Å²) in [6, 6.07) is 5.21. The molecule has 0 radical (unpaired) electrons. The minimum absolute atomic E-state index is 0.168. The molecule has 1 aliphatic heterocycles. The number of anilines is 1. The molecular weight excluding hydrogens is 340 g/mol. The van der Waals surface area contributed by atoms with Crippen LogP contribution in [0.5, 0.6) is 0 Å². The molecular formula is C19H23F2N3O2. The summed E-state index contributed by atoms with van der Waals surface area (Å²) < 4.78 is 31.7. The maximum absolute atomic E-state index is 13.4. The van der Waals surface area contributed by atoms with E-state index in [1.54, 1.807) is 6.07 Å². The van der Waals surface area contributed by atoms with Crippen molar-refractivity contribution in [3.8, 4) is 0 Å². The van der Waals surface area contributed by atoms with Crippen molar-refractivity contribution in [2.75, 3.05) is 11.9 Å². The number of nitrogens with one attached hydrogen (secondary N) is 1. The molecule has 2 aromatic rings. The van der Waals surface area contributed by atoms with Crippen molar-refractivity contribution in [3.05, 3.63) is 47.2 Å². The first kappa shape index (κ1) is 18.5. The van der Waals surface area contributed by atoms with Gasteiger partial charge in [0.1, 0.15) is 0 Å². The number of amides is 1. The zero-order valence-corrected chi connectivity index (χ0v) is 15.2. The summed E-state index contributed by atoms with van der Waals surface area (Å²) in [7, 11) is 0. The van der Waals surface area contributed by atoms with Gasteiger partial charge in [-0.05, 0) is 37.1 Å². The second-order valence-electron chi connectivity index (χ2n) is 7.69. The zero-order valence-electron chi connectivity index (χ0n) is 15.2. The predicted molar refractivity (Wildman–Crippen MR) is 93.6 cm³/mol. The molecule has 1 amide bonds. The standard InChI is InChI=1S/C19H23F2N3O2/c1-19(2,3)16-10-17(26-23-16)22-18(25)15-5-4-8-24(15)11-12-6-7-13(20)14(21)9-12/h6-7,9-10,15H,4-5,8,11H2,1-3H3,(H,22,25). The lowest BCUT2D eigenvalue weighted by molar-refractivity contribution is -0.120. The third-order valence-electron chi connectivity index (χ3n) is 4.56. The lowest BCUT2D eigenvalue weighted by Crippen LogP contribution is -2.39. The lowest BCUT2D eigenvalue weighted by Gasteiger charge is -2.23. The SMILES string of the molecule is CC(C)(C)c1cc(NC(=O)C2CCCN2Cc2ccc(F)c(F)c2)on1. The van der Waals surface area contributed by atoms with Gasteiger partial charge in [0.15, 0.2) is 11.6 Å². The fourth-order valence-corrected chi connectivity index (χ4v) is 3.08. The molecule has 5 nitrogen and oxygen atoms in total. The van der Waals surface area contributed by atoms with Crippen LogP contribution in [-0.4, -0.2) is 28.6 Å². The average Bonchev–Trinajstić information content (AvgIpc) is 3.20. The van der Waals surface area contributed by atoms with Crippen molar-refractivity contribution in [1.82, 2.24) is 10.1 Å². The molecule has 1 aliphatic rings. The molecule has 1 aromatic heterocycles. The van der Waals surface area contributed by atoms with E-state index in [4.69, 9.17) is 4.52 Å². The van der Waals surface area contributed by atoms with Gasteiger partial charge in [-0.25, -0.2) is 8.78 Å². The van der Waals surface area contributed by atoms with Gasteiger partial charge in [0, 0.05) is 18.0 Å². The minimum atomic E-state index is -0.876. The first-order chi connectivity index (χ1) is 12.2. The Labute approximate surface area is 151 Å². The highest BCUT2D eigenvalue weighted by molar-refractivity contribution is 5.93. The van der Waals surface area contributed by atoms with Gasteiger partial charge in [0.05, 0.1) is 11.7 Å². The Morgan fingerprint density at radius 2 is 2.08 bits per heavy atom. The highest BCUT2D eigenvalue weighted by Crippen LogP contribution is 2.25. The third kappa shape index (κ3) is 4.09. The number of carbonyl (C=O) groups is 1. The average molecular weight is 363 g/mol. The number of aromatic nitrogens is 1. The molecule has 0 bridgehead atoms. The van der Waals surface area contributed by atoms with E-state index in [0.717, 1.165) is 24.7 Å². The van der Waals surface area contributed by atoms with Crippen molar-refractivity contribution < 1.29 is 18.1 Å². The van der Waals surface area contributed by atoms with E-state index in [1.165, 1.54) is 12.1 Å². The molecule has 1 N–H and O–H groups in total. The topological polar surface area (TPSA) is 58.4 Å². The Balaban J connectivity index is 1.66. The number of likely N-dealkylation sites (tertiary alicyclic amines) is 1. The molecule has 140 valence electrons. The summed E-state index contributed by atoms with van der Waals surface area (Å²) in [4.78, 5) is 14.6. The molecule has 1 unspecified atom stereocenters. The number of rotatable bonds is 4. The van der Waals surface area contributed by atoms with Crippen LogP contribution in [0.3, 0.4) is 0 Å². The van der Waals surface area contributed by atoms with Crippen molar-refractivity contribution in [2.24, 2.45) is 0 Å². The normalized spacial score (nSPS) is 18.3. The number of nitrogens with zero attached hydrogens (tertiary/aromatic N) is 2. The summed E-state index contributed by atoms with van der Waals surface area (Å²) in [5.41, 5.74) is 1.23. The molecule has 0 saturated carbocycles. The van der Waals surface area contributed by atoms with Crippen molar-refractivity contribution in [2.45, 2.75) is 51.6 Å². The minimum Gasteiger partial charge on any atom is -0.338 e. The van der Waals surface area contributed by atoms with Crippen molar-refractivity contribution >= 4 is 11.8 Å². The van der Waals surface area contributed by atoms with Crippen LogP contribution >= 0.6 is 0 Å². The van der Waals surface area contributed by atoms with Crippen molar-refractivity contribution in [1.29, 1.82) is 0 Å². The first-order valence-electron chi connectivity index (χ1n) is 8.70. The van der Waals surface area contributed by atoms with Gasteiger partial charge < -0.3 is 4.52 Å². The Morgan fingerprint density at radius 3 is 2.73 bits per heavy atom. The quantitative estimate of drug-likeness (QED) is 0.896. The predicted octanol–water partition coefficient (Wildman–Crippen LogP) is 3.85. The zero-order chi connectivity index (χ0) is 18.9. The van der Waals surface area contributed by atoms with Gasteiger partial charge in [-0.3, -0.25) is 15.0 Å². The lowest BCUT2D eigenvalue weighted by atomic mass is 9.92. The van der Waals surface area contributed by atoms with E-state index in [9.17, 15) is 13.6 Å². The second kappa shape index (κ2) is 7.15. The second-order valence-corrected chi connectivity index (χ2v) is 7.69. The maximum atomic E-state index is 13.4. The maximum Gasteiger partial charge on any atom is 0.244 e. The number of carbonyl (C=O) groups excluding carboxylic acids is 1. The Kier molecular flexibility index (Phi) is 5.09. The highest BCUT2D eigenvalue weighted by atomic mass is 19.2. The van der Waals surface area contributed by atoms with Crippen LogP contribution in [0.2, 0.25) is 0 Å². The van der Waals surface area contributed by atoms with Gasteiger partial charge in [0.25, 0.3) is 0 Å². The van der Waals surface area contributed by atoms with Crippen LogP contribution in [0, 0.1) is 11.6 Å². The first-order valence-corrected chi connectivity index (χ1v) is 8.70. The molecule has 1 atom stereocenters. The van der Waals surface area contributed by atoms with E-state index in [0.29, 0.717) is 24.4 Å². The van der Waals surface area contributed by atoms with Crippen LogP contribution < -0.4 is 5.32 Å². The molecule has 2 heterocycles. The summed E-state index contributed by atoms with van der Waals surface area (Å²) in [6.07, 6.45) is 1.57. The third-order valence-corrected chi connectivity index (χ3v) is 4.56. The molecule has 3 rings (SSSR count). The number of benzene rings is 1. The van der Waals surface area contributed by atoms with E-state index < -0.39 is 11.6 Å². The fourth-order valence-electron chi connectivity index (χ4n) is 3.08. The summed E-state index contributed by atoms with van der Waals surface area (Å²) in [5.74, 6) is -1.61. The van der Waals surface area contributed by atoms with E-state index in [2.05, 4.69) is 10.5 Å². The summed E-state index contributed by atoms with van der Waals surface area (Å²) >= 11 is 0. The summed E-state index contributed by atoms with van der Waals surface area (Å²) in [5, 5.41) is 6.76. The molecule has 1 saturated heterocycles. The van der Waals surface area contributed by atoms with Crippen LogP contribution in [0.25, 0.3) is 0 Å².